The van der Waals surface area contributed by atoms with Crippen LogP contribution in [0.5, 0.6) is 0 Å². The summed E-state index contributed by atoms with van der Waals surface area (Å²) in [5.41, 5.74) is 0.737. The van der Waals surface area contributed by atoms with Crippen molar-refractivity contribution in [2.75, 3.05) is 31.1 Å². The van der Waals surface area contributed by atoms with E-state index in [4.69, 9.17) is 0 Å². The molecule has 0 N–H and O–H groups in total. The van der Waals surface area contributed by atoms with Gasteiger partial charge in [-0.05, 0) is 24.3 Å². The molecule has 2 heterocycles. The first-order chi connectivity index (χ1) is 10.7. The van der Waals surface area contributed by atoms with Gasteiger partial charge >= 0.3 is 0 Å². The number of carbonyl (C=O) groups is 1. The van der Waals surface area contributed by atoms with Gasteiger partial charge in [-0.1, -0.05) is 22.9 Å². The maximum atomic E-state index is 12.5. The second kappa shape index (κ2) is 6.75. The predicted molar refractivity (Wildman–Crippen MR) is 91.5 cm³/mol. The Morgan fingerprint density at radius 1 is 1.23 bits per heavy atom. The lowest BCUT2D eigenvalue weighted by molar-refractivity contribution is 0.0747. The first-order valence-electron chi connectivity index (χ1n) is 7.29. The average Bonchev–Trinajstić information content (AvgIpc) is 3.04. The number of carbonyl (C=O) groups excluding carboxylic acids is 1. The van der Waals surface area contributed by atoms with E-state index in [0.29, 0.717) is 0 Å². The van der Waals surface area contributed by atoms with Crippen LogP contribution in [0.4, 0.5) is 5.13 Å². The average molecular weight is 381 g/mol. The number of rotatable bonds is 3. The van der Waals surface area contributed by atoms with E-state index >= 15 is 0 Å². The van der Waals surface area contributed by atoms with Crippen LogP contribution in [0.15, 0.2) is 28.7 Å². The summed E-state index contributed by atoms with van der Waals surface area (Å²) in [4.78, 5) is 21.1. The first kappa shape index (κ1) is 15.4. The van der Waals surface area contributed by atoms with E-state index in [-0.39, 0.29) is 5.91 Å². The Balaban J connectivity index is 1.61. The quantitative estimate of drug-likeness (QED) is 0.821. The van der Waals surface area contributed by atoms with Gasteiger partial charge in [0, 0.05) is 54.2 Å². The van der Waals surface area contributed by atoms with Gasteiger partial charge in [0.2, 0.25) is 5.13 Å². The van der Waals surface area contributed by atoms with Gasteiger partial charge in [-0.3, -0.25) is 4.79 Å². The van der Waals surface area contributed by atoms with Gasteiger partial charge in [-0.2, -0.15) is 4.37 Å². The van der Waals surface area contributed by atoms with Gasteiger partial charge in [0.15, 0.2) is 0 Å². The van der Waals surface area contributed by atoms with Crippen molar-refractivity contribution >= 4 is 38.5 Å². The molecule has 0 atom stereocenters. The summed E-state index contributed by atoms with van der Waals surface area (Å²) >= 11 is 4.83. The zero-order valence-corrected chi connectivity index (χ0v) is 14.7. The molecular formula is C15H17BrN4OS. The van der Waals surface area contributed by atoms with Gasteiger partial charge < -0.3 is 9.80 Å². The Hall–Kier alpha value is -1.47. The third-order valence-corrected chi connectivity index (χ3v) is 5.05. The summed E-state index contributed by atoms with van der Waals surface area (Å²) in [5, 5.41) is 0.965. The van der Waals surface area contributed by atoms with Gasteiger partial charge in [0.05, 0.1) is 0 Å². The minimum Gasteiger partial charge on any atom is -0.343 e. The lowest BCUT2D eigenvalue weighted by Crippen LogP contribution is -2.48. The molecule has 1 aliphatic heterocycles. The Bertz CT molecular complexity index is 650. The number of hydrogen-bond donors (Lipinski definition) is 0. The zero-order valence-electron chi connectivity index (χ0n) is 12.3. The van der Waals surface area contributed by atoms with Crippen molar-refractivity contribution in [3.05, 3.63) is 40.1 Å². The maximum absolute atomic E-state index is 12.5. The van der Waals surface area contributed by atoms with Crippen LogP contribution in [0.1, 0.15) is 23.1 Å². The number of nitrogens with zero attached hydrogens (tertiary/aromatic N) is 4. The van der Waals surface area contributed by atoms with Gasteiger partial charge in [-0.15, -0.1) is 0 Å². The summed E-state index contributed by atoms with van der Waals surface area (Å²) in [5.74, 6) is 0.993. The number of anilines is 1. The molecule has 1 aromatic carbocycles. The van der Waals surface area contributed by atoms with Gasteiger partial charge in [0.1, 0.15) is 5.82 Å². The normalized spacial score (nSPS) is 15.2. The summed E-state index contributed by atoms with van der Waals surface area (Å²) in [6, 6.07) is 7.52. The molecule has 0 aliphatic carbocycles. The minimum atomic E-state index is 0.0960. The monoisotopic (exact) mass is 380 g/mol. The van der Waals surface area contributed by atoms with Crippen LogP contribution in [0.3, 0.4) is 0 Å². The molecule has 0 saturated carbocycles. The summed E-state index contributed by atoms with van der Waals surface area (Å²) in [6.07, 6.45) is 0.860. The number of piperazine rings is 1. The molecule has 7 heteroatoms. The molecule has 3 rings (SSSR count). The molecule has 1 saturated heterocycles. The third kappa shape index (κ3) is 3.30. The molecule has 0 spiro atoms. The molecule has 1 aromatic heterocycles. The molecule has 1 fully saturated rings. The number of halogens is 1. The molecule has 0 bridgehead atoms. The fourth-order valence-electron chi connectivity index (χ4n) is 2.39. The molecule has 22 heavy (non-hydrogen) atoms. The fraction of sp³-hybridized carbons (Fsp3) is 0.400. The summed E-state index contributed by atoms with van der Waals surface area (Å²) in [7, 11) is 0. The number of amides is 1. The van der Waals surface area contributed by atoms with E-state index in [9.17, 15) is 4.79 Å². The van der Waals surface area contributed by atoms with Crippen molar-refractivity contribution in [3.8, 4) is 0 Å². The SMILES string of the molecule is CCc1nsc(N2CCN(C(=O)c3ccc(Br)cc3)CC2)n1. The van der Waals surface area contributed by atoms with Crippen molar-refractivity contribution in [2.45, 2.75) is 13.3 Å². The minimum absolute atomic E-state index is 0.0960. The van der Waals surface area contributed by atoms with Crippen LogP contribution >= 0.6 is 27.5 Å². The third-order valence-electron chi connectivity index (χ3n) is 3.70. The summed E-state index contributed by atoms with van der Waals surface area (Å²) < 4.78 is 5.31. The van der Waals surface area contributed by atoms with Crippen LogP contribution < -0.4 is 4.90 Å². The Kier molecular flexibility index (Phi) is 4.73. The van der Waals surface area contributed by atoms with Crippen molar-refractivity contribution in [3.63, 3.8) is 0 Å². The van der Waals surface area contributed by atoms with E-state index in [1.807, 2.05) is 29.2 Å². The highest BCUT2D eigenvalue weighted by Crippen LogP contribution is 2.20. The molecule has 2 aromatic rings. The summed E-state index contributed by atoms with van der Waals surface area (Å²) in [6.45, 7) is 5.10. The Labute approximate surface area is 142 Å². The van der Waals surface area contributed by atoms with Crippen molar-refractivity contribution in [2.24, 2.45) is 0 Å². The number of aromatic nitrogens is 2. The molecular weight excluding hydrogens is 364 g/mol. The second-order valence-electron chi connectivity index (χ2n) is 5.13. The lowest BCUT2D eigenvalue weighted by Gasteiger charge is -2.34. The zero-order chi connectivity index (χ0) is 15.5. The van der Waals surface area contributed by atoms with Crippen LogP contribution in [-0.2, 0) is 6.42 Å². The van der Waals surface area contributed by atoms with Crippen molar-refractivity contribution < 1.29 is 4.79 Å². The van der Waals surface area contributed by atoms with Gasteiger partial charge in [-0.25, -0.2) is 4.98 Å². The number of aryl methyl sites for hydroxylation is 1. The van der Waals surface area contributed by atoms with E-state index in [1.54, 1.807) is 0 Å². The fourth-order valence-corrected chi connectivity index (χ4v) is 3.46. The highest BCUT2D eigenvalue weighted by molar-refractivity contribution is 9.10. The topological polar surface area (TPSA) is 49.3 Å². The Morgan fingerprint density at radius 3 is 2.50 bits per heavy atom. The molecule has 0 radical (unpaired) electrons. The van der Waals surface area contributed by atoms with Gasteiger partial charge in [0.25, 0.3) is 5.91 Å². The van der Waals surface area contributed by atoms with E-state index in [1.165, 1.54) is 11.5 Å². The van der Waals surface area contributed by atoms with Crippen molar-refractivity contribution in [1.82, 2.24) is 14.3 Å². The largest absolute Gasteiger partial charge is 0.343 e. The number of benzene rings is 1. The predicted octanol–water partition coefficient (Wildman–Crippen LogP) is 2.83. The standard InChI is InChI=1S/C15H17BrN4OS/c1-2-13-17-15(22-18-13)20-9-7-19(8-10-20)14(21)11-3-5-12(16)6-4-11/h3-6H,2,7-10H2,1H3. The van der Waals surface area contributed by atoms with Crippen LogP contribution in [0, 0.1) is 0 Å². The van der Waals surface area contributed by atoms with Crippen molar-refractivity contribution in [1.29, 1.82) is 0 Å². The van der Waals surface area contributed by atoms with E-state index in [2.05, 4.69) is 37.1 Å². The highest BCUT2D eigenvalue weighted by atomic mass is 79.9. The molecule has 0 unspecified atom stereocenters. The second-order valence-corrected chi connectivity index (χ2v) is 6.78. The smallest absolute Gasteiger partial charge is 0.253 e. The number of hydrogen-bond acceptors (Lipinski definition) is 5. The van der Waals surface area contributed by atoms with E-state index in [0.717, 1.165) is 53.6 Å². The molecule has 1 amide bonds. The highest BCUT2D eigenvalue weighted by Gasteiger charge is 2.23. The molecule has 5 nitrogen and oxygen atoms in total. The Morgan fingerprint density at radius 2 is 1.91 bits per heavy atom. The van der Waals surface area contributed by atoms with Crippen LogP contribution in [0.25, 0.3) is 0 Å². The molecule has 116 valence electrons. The lowest BCUT2D eigenvalue weighted by atomic mass is 10.2. The first-order valence-corrected chi connectivity index (χ1v) is 8.86. The molecule has 1 aliphatic rings. The van der Waals surface area contributed by atoms with Crippen LogP contribution in [-0.4, -0.2) is 46.3 Å². The van der Waals surface area contributed by atoms with Crippen LogP contribution in [0.2, 0.25) is 0 Å². The maximum Gasteiger partial charge on any atom is 0.253 e. The van der Waals surface area contributed by atoms with E-state index < -0.39 is 0 Å².